The van der Waals surface area contributed by atoms with Crippen LogP contribution in [0.25, 0.3) is 21.3 Å². The van der Waals surface area contributed by atoms with Crippen LogP contribution in [-0.2, 0) is 0 Å². The fourth-order valence-electron chi connectivity index (χ4n) is 1.46. The summed E-state index contributed by atoms with van der Waals surface area (Å²) < 4.78 is 4.93. The third-order valence-electron chi connectivity index (χ3n) is 2.37. The largest absolute Gasteiger partial charge is 0.451 e. The lowest BCUT2D eigenvalue weighted by Gasteiger charge is -1.94. The number of hydrogen-bond acceptors (Lipinski definition) is 5. The topological polar surface area (TPSA) is 51.8 Å². The molecule has 17 heavy (non-hydrogen) atoms. The van der Waals surface area contributed by atoms with Crippen LogP contribution in [0.15, 0.2) is 41.3 Å². The third-order valence-corrected chi connectivity index (χ3v) is 3.37. The van der Waals surface area contributed by atoms with Gasteiger partial charge in [0.25, 0.3) is 0 Å². The monoisotopic (exact) mass is 243 g/mol. The first-order valence-electron chi connectivity index (χ1n) is 5.12. The smallest absolute Gasteiger partial charge is 0.181 e. The zero-order valence-electron chi connectivity index (χ0n) is 9.12. The molecule has 0 fully saturated rings. The van der Waals surface area contributed by atoms with E-state index in [4.69, 9.17) is 4.42 Å². The van der Waals surface area contributed by atoms with Crippen molar-refractivity contribution in [2.24, 2.45) is 0 Å². The van der Waals surface area contributed by atoms with Gasteiger partial charge in [0, 0.05) is 5.56 Å². The molecule has 0 radical (unpaired) electrons. The molecule has 0 unspecified atom stereocenters. The minimum atomic E-state index is 0.723. The Morgan fingerprint density at radius 1 is 1.06 bits per heavy atom. The Hall–Kier alpha value is -2.01. The zero-order chi connectivity index (χ0) is 11.7. The molecule has 2 aromatic heterocycles. The van der Waals surface area contributed by atoms with E-state index in [0.29, 0.717) is 0 Å². The van der Waals surface area contributed by atoms with Crippen molar-refractivity contribution in [3.63, 3.8) is 0 Å². The van der Waals surface area contributed by atoms with Crippen molar-refractivity contribution in [3.05, 3.63) is 42.5 Å². The van der Waals surface area contributed by atoms with Crippen LogP contribution >= 0.6 is 11.3 Å². The lowest BCUT2D eigenvalue weighted by Crippen LogP contribution is -1.77. The minimum Gasteiger partial charge on any atom is -0.451 e. The van der Waals surface area contributed by atoms with E-state index in [1.807, 2.05) is 12.1 Å². The molecule has 0 saturated heterocycles. The lowest BCUT2D eigenvalue weighted by atomic mass is 10.2. The standard InChI is InChI=1S/C12H9N3OS/c1-8-2-4-9(5-3-8)11-14-15-12(17-11)10-6-16-7-13-10/h2-7H,1H3. The van der Waals surface area contributed by atoms with Crippen LogP contribution < -0.4 is 0 Å². The van der Waals surface area contributed by atoms with E-state index in [2.05, 4.69) is 34.2 Å². The van der Waals surface area contributed by atoms with E-state index in [9.17, 15) is 0 Å². The first-order chi connectivity index (χ1) is 8.33. The zero-order valence-corrected chi connectivity index (χ0v) is 9.94. The summed E-state index contributed by atoms with van der Waals surface area (Å²) in [4.78, 5) is 4.05. The Morgan fingerprint density at radius 3 is 2.53 bits per heavy atom. The van der Waals surface area contributed by atoms with Crippen molar-refractivity contribution in [2.75, 3.05) is 0 Å². The highest BCUT2D eigenvalue weighted by Crippen LogP contribution is 2.28. The normalized spacial score (nSPS) is 10.6. The first kappa shape index (κ1) is 10.2. The van der Waals surface area contributed by atoms with Gasteiger partial charge in [0.15, 0.2) is 11.4 Å². The molecule has 5 heteroatoms. The lowest BCUT2D eigenvalue weighted by molar-refractivity contribution is 0.558. The second kappa shape index (κ2) is 4.10. The van der Waals surface area contributed by atoms with Crippen molar-refractivity contribution >= 4 is 11.3 Å². The fourth-order valence-corrected chi connectivity index (χ4v) is 2.26. The number of rotatable bonds is 2. The van der Waals surface area contributed by atoms with Gasteiger partial charge in [-0.25, -0.2) is 4.98 Å². The molecule has 3 rings (SSSR count). The van der Waals surface area contributed by atoms with Crippen LogP contribution in [0.3, 0.4) is 0 Å². The average Bonchev–Trinajstić information content (AvgIpc) is 3.00. The van der Waals surface area contributed by atoms with E-state index in [1.165, 1.54) is 23.3 Å². The molecule has 0 saturated carbocycles. The van der Waals surface area contributed by atoms with E-state index in [0.717, 1.165) is 21.3 Å². The molecule has 4 nitrogen and oxygen atoms in total. The van der Waals surface area contributed by atoms with Gasteiger partial charge in [-0.05, 0) is 6.92 Å². The molecule has 0 amide bonds. The average molecular weight is 243 g/mol. The summed E-state index contributed by atoms with van der Waals surface area (Å²) in [5.74, 6) is 0. The highest BCUT2D eigenvalue weighted by molar-refractivity contribution is 7.17. The molecule has 0 bridgehead atoms. The third kappa shape index (κ3) is 1.97. The van der Waals surface area contributed by atoms with Crippen LogP contribution in [0.1, 0.15) is 5.56 Å². The molecule has 84 valence electrons. The molecule has 0 spiro atoms. The predicted molar refractivity (Wildman–Crippen MR) is 65.6 cm³/mol. The molecule has 0 atom stereocenters. The molecule has 2 heterocycles. The van der Waals surface area contributed by atoms with Gasteiger partial charge in [0.2, 0.25) is 0 Å². The van der Waals surface area contributed by atoms with Crippen LogP contribution in [0, 0.1) is 6.92 Å². The molecule has 1 aromatic carbocycles. The maximum atomic E-state index is 4.93. The van der Waals surface area contributed by atoms with E-state index in [1.54, 1.807) is 6.26 Å². The van der Waals surface area contributed by atoms with Crippen molar-refractivity contribution in [1.29, 1.82) is 0 Å². The van der Waals surface area contributed by atoms with E-state index in [-0.39, 0.29) is 0 Å². The Labute approximate surface area is 102 Å². The quantitative estimate of drug-likeness (QED) is 0.693. The molecule has 0 aliphatic rings. The summed E-state index contributed by atoms with van der Waals surface area (Å²) >= 11 is 1.50. The fraction of sp³-hybridized carbons (Fsp3) is 0.0833. The minimum absolute atomic E-state index is 0.723. The Bertz CT molecular complexity index is 614. The van der Waals surface area contributed by atoms with Crippen LogP contribution in [-0.4, -0.2) is 15.2 Å². The van der Waals surface area contributed by atoms with Gasteiger partial charge in [-0.3, -0.25) is 0 Å². The van der Waals surface area contributed by atoms with Crippen molar-refractivity contribution in [3.8, 4) is 21.3 Å². The molecule has 0 aliphatic heterocycles. The maximum absolute atomic E-state index is 4.93. The first-order valence-corrected chi connectivity index (χ1v) is 5.94. The van der Waals surface area contributed by atoms with Gasteiger partial charge in [0.1, 0.15) is 17.0 Å². The van der Waals surface area contributed by atoms with E-state index < -0.39 is 0 Å². The van der Waals surface area contributed by atoms with Gasteiger partial charge in [0.05, 0.1) is 0 Å². The van der Waals surface area contributed by atoms with Crippen molar-refractivity contribution < 1.29 is 4.42 Å². The number of aromatic nitrogens is 3. The summed E-state index contributed by atoms with van der Waals surface area (Å²) in [6, 6.07) is 8.21. The maximum Gasteiger partial charge on any atom is 0.181 e. The van der Waals surface area contributed by atoms with Crippen LogP contribution in [0.4, 0.5) is 0 Å². The van der Waals surface area contributed by atoms with Gasteiger partial charge < -0.3 is 4.42 Å². The highest BCUT2D eigenvalue weighted by atomic mass is 32.1. The molecule has 0 N–H and O–H groups in total. The van der Waals surface area contributed by atoms with Gasteiger partial charge in [-0.15, -0.1) is 10.2 Å². The molecule has 0 aliphatic carbocycles. The molecular formula is C12H9N3OS. The van der Waals surface area contributed by atoms with Crippen molar-refractivity contribution in [1.82, 2.24) is 15.2 Å². The highest BCUT2D eigenvalue weighted by Gasteiger charge is 2.10. The summed E-state index contributed by atoms with van der Waals surface area (Å²) in [6.45, 7) is 2.06. The second-order valence-electron chi connectivity index (χ2n) is 3.65. The van der Waals surface area contributed by atoms with Gasteiger partial charge >= 0.3 is 0 Å². The summed E-state index contributed by atoms with van der Waals surface area (Å²) in [7, 11) is 0. The number of oxazole rings is 1. The molecule has 3 aromatic rings. The van der Waals surface area contributed by atoms with E-state index >= 15 is 0 Å². The number of aryl methyl sites for hydroxylation is 1. The summed E-state index contributed by atoms with van der Waals surface area (Å²) in [6.07, 6.45) is 2.96. The van der Waals surface area contributed by atoms with Gasteiger partial charge in [-0.1, -0.05) is 41.2 Å². The SMILES string of the molecule is Cc1ccc(-c2nnc(-c3cocn3)s2)cc1. The number of hydrogen-bond donors (Lipinski definition) is 0. The summed E-state index contributed by atoms with van der Waals surface area (Å²) in [5, 5.41) is 9.93. The van der Waals surface area contributed by atoms with Crippen molar-refractivity contribution in [2.45, 2.75) is 6.92 Å². The number of nitrogens with zero attached hydrogens (tertiary/aromatic N) is 3. The summed E-state index contributed by atoms with van der Waals surface area (Å²) in [5.41, 5.74) is 3.03. The Morgan fingerprint density at radius 2 is 1.82 bits per heavy atom. The molecular weight excluding hydrogens is 234 g/mol. The van der Waals surface area contributed by atoms with Crippen LogP contribution in [0.5, 0.6) is 0 Å². The second-order valence-corrected chi connectivity index (χ2v) is 4.63. The number of benzene rings is 1. The predicted octanol–water partition coefficient (Wildman–Crippen LogP) is 3.17. The Kier molecular flexibility index (Phi) is 2.45. The van der Waals surface area contributed by atoms with Gasteiger partial charge in [-0.2, -0.15) is 0 Å². The Balaban J connectivity index is 1.98. The van der Waals surface area contributed by atoms with Crippen LogP contribution in [0.2, 0.25) is 0 Å².